The first kappa shape index (κ1) is 13.9. The van der Waals surface area contributed by atoms with E-state index in [-0.39, 0.29) is 5.91 Å². The second-order valence-corrected chi connectivity index (χ2v) is 4.64. The lowest BCUT2D eigenvalue weighted by molar-refractivity contribution is 0.0950. The van der Waals surface area contributed by atoms with E-state index in [0.717, 1.165) is 5.69 Å². The van der Waals surface area contributed by atoms with Gasteiger partial charge in [-0.15, -0.1) is 6.58 Å². The van der Waals surface area contributed by atoms with Crippen LogP contribution in [0.2, 0.25) is 0 Å². The van der Waals surface area contributed by atoms with Crippen molar-refractivity contribution in [1.29, 1.82) is 0 Å². The Hall–Kier alpha value is -3.08. The molecule has 22 heavy (non-hydrogen) atoms. The van der Waals surface area contributed by atoms with Gasteiger partial charge in [0.1, 0.15) is 11.4 Å². The maximum absolute atomic E-state index is 12.3. The summed E-state index contributed by atoms with van der Waals surface area (Å²) in [5.74, 6) is 0.404. The molecule has 0 spiro atoms. The van der Waals surface area contributed by atoms with Gasteiger partial charge in [-0.25, -0.2) is 4.68 Å². The van der Waals surface area contributed by atoms with Gasteiger partial charge < -0.3 is 9.73 Å². The van der Waals surface area contributed by atoms with Crippen LogP contribution in [0.1, 0.15) is 10.5 Å². The maximum atomic E-state index is 12.3. The molecule has 0 atom stereocenters. The summed E-state index contributed by atoms with van der Waals surface area (Å²) in [4.78, 5) is 12.3. The zero-order chi connectivity index (χ0) is 15.4. The molecule has 110 valence electrons. The van der Waals surface area contributed by atoms with Crippen LogP contribution in [0.25, 0.3) is 17.1 Å². The van der Waals surface area contributed by atoms with Gasteiger partial charge in [-0.1, -0.05) is 24.3 Å². The molecule has 0 bridgehead atoms. The van der Waals surface area contributed by atoms with E-state index in [4.69, 9.17) is 4.42 Å². The number of para-hydroxylation sites is 1. The molecule has 1 amide bonds. The summed E-state index contributed by atoms with van der Waals surface area (Å²) in [6, 6.07) is 14.8. The zero-order valence-corrected chi connectivity index (χ0v) is 11.9. The van der Waals surface area contributed by atoms with Crippen LogP contribution in [0, 0.1) is 0 Å². The molecular formula is C17H15N3O2. The van der Waals surface area contributed by atoms with E-state index in [9.17, 15) is 4.79 Å². The Labute approximate surface area is 127 Å². The van der Waals surface area contributed by atoms with Gasteiger partial charge in [-0.3, -0.25) is 4.79 Å². The fourth-order valence-corrected chi connectivity index (χ4v) is 2.11. The summed E-state index contributed by atoms with van der Waals surface area (Å²) in [5.41, 5.74) is 1.86. The molecule has 0 saturated carbocycles. The van der Waals surface area contributed by atoms with Crippen LogP contribution >= 0.6 is 0 Å². The molecule has 0 aliphatic carbocycles. The molecule has 2 aromatic heterocycles. The van der Waals surface area contributed by atoms with E-state index in [0.29, 0.717) is 23.7 Å². The highest BCUT2D eigenvalue weighted by Crippen LogP contribution is 2.22. The molecule has 0 aliphatic heterocycles. The highest BCUT2D eigenvalue weighted by Gasteiger charge is 2.18. The molecule has 5 nitrogen and oxygen atoms in total. The van der Waals surface area contributed by atoms with Crippen LogP contribution < -0.4 is 5.32 Å². The molecule has 0 fully saturated rings. The van der Waals surface area contributed by atoms with Crippen LogP contribution in [0.3, 0.4) is 0 Å². The summed E-state index contributed by atoms with van der Waals surface area (Å²) >= 11 is 0. The van der Waals surface area contributed by atoms with Crippen LogP contribution in [-0.2, 0) is 0 Å². The largest absolute Gasteiger partial charge is 0.463 e. The number of aromatic nitrogens is 2. The number of hydrogen-bond acceptors (Lipinski definition) is 3. The molecule has 0 radical (unpaired) electrons. The summed E-state index contributed by atoms with van der Waals surface area (Å²) in [7, 11) is 0. The van der Waals surface area contributed by atoms with Crippen LogP contribution in [0.4, 0.5) is 0 Å². The van der Waals surface area contributed by atoms with Crippen LogP contribution in [-0.4, -0.2) is 22.2 Å². The van der Waals surface area contributed by atoms with Crippen LogP contribution in [0.5, 0.6) is 0 Å². The van der Waals surface area contributed by atoms with E-state index in [2.05, 4.69) is 17.0 Å². The van der Waals surface area contributed by atoms with Crippen molar-refractivity contribution >= 4 is 5.91 Å². The second-order valence-electron chi connectivity index (χ2n) is 4.64. The minimum Gasteiger partial charge on any atom is -0.463 e. The van der Waals surface area contributed by atoms with E-state index < -0.39 is 0 Å². The number of benzene rings is 1. The maximum Gasteiger partial charge on any atom is 0.270 e. The van der Waals surface area contributed by atoms with Crippen LogP contribution in [0.15, 0.2) is 71.9 Å². The SMILES string of the molecule is C=CCNC(=O)c1cc(-c2ccco2)nn1-c1ccccc1. The van der Waals surface area contributed by atoms with Crippen molar-refractivity contribution in [3.8, 4) is 17.1 Å². The molecule has 0 saturated heterocycles. The molecule has 2 heterocycles. The minimum atomic E-state index is -0.214. The predicted molar refractivity (Wildman–Crippen MR) is 83.8 cm³/mol. The summed E-state index contributed by atoms with van der Waals surface area (Å²) in [6.07, 6.45) is 3.21. The standard InChI is InChI=1S/C17H15N3O2/c1-2-10-18-17(21)15-12-14(16-9-6-11-22-16)19-20(15)13-7-4-3-5-8-13/h2-9,11-12H,1,10H2,(H,18,21). The average molecular weight is 293 g/mol. The van der Waals surface area contributed by atoms with E-state index >= 15 is 0 Å². The van der Waals surface area contributed by atoms with Crippen molar-refractivity contribution in [2.45, 2.75) is 0 Å². The summed E-state index contributed by atoms with van der Waals surface area (Å²) in [6.45, 7) is 4.00. The number of nitrogens with one attached hydrogen (secondary N) is 1. The minimum absolute atomic E-state index is 0.214. The fraction of sp³-hybridized carbons (Fsp3) is 0.0588. The lowest BCUT2D eigenvalue weighted by Crippen LogP contribution is -2.25. The second kappa shape index (κ2) is 6.13. The molecule has 3 rings (SSSR count). The van der Waals surface area contributed by atoms with Crippen molar-refractivity contribution in [2.75, 3.05) is 6.54 Å². The zero-order valence-electron chi connectivity index (χ0n) is 11.9. The highest BCUT2D eigenvalue weighted by atomic mass is 16.3. The Morgan fingerprint density at radius 1 is 1.27 bits per heavy atom. The molecular weight excluding hydrogens is 278 g/mol. The van der Waals surface area contributed by atoms with Gasteiger partial charge in [-0.2, -0.15) is 5.10 Å². The molecule has 0 aliphatic rings. The van der Waals surface area contributed by atoms with Crippen molar-refractivity contribution in [3.63, 3.8) is 0 Å². The monoisotopic (exact) mass is 293 g/mol. The van der Waals surface area contributed by atoms with Gasteiger partial charge in [0.2, 0.25) is 0 Å². The number of hydrogen-bond donors (Lipinski definition) is 1. The smallest absolute Gasteiger partial charge is 0.270 e. The Kier molecular flexibility index (Phi) is 3.87. The van der Waals surface area contributed by atoms with Gasteiger partial charge in [-0.05, 0) is 24.3 Å². The molecule has 1 aromatic carbocycles. The van der Waals surface area contributed by atoms with Gasteiger partial charge >= 0.3 is 0 Å². The number of nitrogens with zero attached hydrogens (tertiary/aromatic N) is 2. The van der Waals surface area contributed by atoms with Crippen molar-refractivity contribution in [2.24, 2.45) is 0 Å². The Bertz CT molecular complexity index is 774. The van der Waals surface area contributed by atoms with E-state index in [1.165, 1.54) is 0 Å². The van der Waals surface area contributed by atoms with Crippen molar-refractivity contribution < 1.29 is 9.21 Å². The number of rotatable bonds is 5. The predicted octanol–water partition coefficient (Wildman–Crippen LogP) is 3.05. The summed E-state index contributed by atoms with van der Waals surface area (Å²) < 4.78 is 6.97. The number of furan rings is 1. The normalized spacial score (nSPS) is 10.4. The molecule has 5 heteroatoms. The summed E-state index contributed by atoms with van der Waals surface area (Å²) in [5, 5.41) is 7.26. The lowest BCUT2D eigenvalue weighted by Gasteiger charge is -2.06. The average Bonchev–Trinajstić information content (AvgIpc) is 3.22. The molecule has 3 aromatic rings. The van der Waals surface area contributed by atoms with E-state index in [1.807, 2.05) is 36.4 Å². The first-order valence-corrected chi connectivity index (χ1v) is 6.88. The Morgan fingerprint density at radius 2 is 2.09 bits per heavy atom. The first-order valence-electron chi connectivity index (χ1n) is 6.88. The van der Waals surface area contributed by atoms with Gasteiger partial charge in [0.25, 0.3) is 5.91 Å². The van der Waals surface area contributed by atoms with Crippen molar-refractivity contribution in [1.82, 2.24) is 15.1 Å². The number of carbonyl (C=O) groups excluding carboxylic acids is 1. The Balaban J connectivity index is 2.06. The van der Waals surface area contributed by atoms with E-state index in [1.54, 1.807) is 29.2 Å². The van der Waals surface area contributed by atoms with Crippen molar-refractivity contribution in [3.05, 3.63) is 73.1 Å². The fourth-order valence-electron chi connectivity index (χ4n) is 2.11. The molecule has 0 unspecified atom stereocenters. The third-order valence-electron chi connectivity index (χ3n) is 3.12. The Morgan fingerprint density at radius 3 is 2.77 bits per heavy atom. The quantitative estimate of drug-likeness (QED) is 0.735. The number of carbonyl (C=O) groups is 1. The topological polar surface area (TPSA) is 60.1 Å². The third kappa shape index (κ3) is 2.69. The first-order chi connectivity index (χ1) is 10.8. The number of amides is 1. The lowest BCUT2D eigenvalue weighted by atomic mass is 10.2. The highest BCUT2D eigenvalue weighted by molar-refractivity contribution is 5.94. The molecule has 1 N–H and O–H groups in total. The van der Waals surface area contributed by atoms with Gasteiger partial charge in [0.15, 0.2) is 5.76 Å². The van der Waals surface area contributed by atoms with Gasteiger partial charge in [0.05, 0.1) is 12.0 Å². The third-order valence-corrected chi connectivity index (χ3v) is 3.12. The van der Waals surface area contributed by atoms with Gasteiger partial charge in [0, 0.05) is 12.6 Å².